The molecule has 0 aromatic carbocycles. The van der Waals surface area contributed by atoms with E-state index in [1.54, 1.807) is 0 Å². The number of hydrogen-bond donors (Lipinski definition) is 0. The summed E-state index contributed by atoms with van der Waals surface area (Å²) in [5.74, 6) is 0. The van der Waals surface area contributed by atoms with Gasteiger partial charge in [-0.15, -0.1) is 0 Å². The smallest absolute Gasteiger partial charge is 0.320 e. The summed E-state index contributed by atoms with van der Waals surface area (Å²) in [6, 6.07) is 4.47. The zero-order valence-electron chi connectivity index (χ0n) is 15.9. The third kappa shape index (κ3) is 3.52. The molecule has 6 nitrogen and oxygen atoms in total. The van der Waals surface area contributed by atoms with E-state index in [0.29, 0.717) is 5.41 Å². The van der Waals surface area contributed by atoms with Gasteiger partial charge in [0.15, 0.2) is 0 Å². The molecule has 4 rings (SSSR count). The van der Waals surface area contributed by atoms with E-state index in [1.807, 2.05) is 12.4 Å². The molecule has 0 radical (unpaired) electrons. The first-order valence-corrected chi connectivity index (χ1v) is 10.1. The number of aromatic nitrogens is 1. The molecule has 6 heteroatoms. The molecule has 26 heavy (non-hydrogen) atoms. The van der Waals surface area contributed by atoms with Crippen LogP contribution in [0.5, 0.6) is 0 Å². The predicted octanol–water partition coefficient (Wildman–Crippen LogP) is 2.13. The number of carbonyl (C=O) groups is 1. The van der Waals surface area contributed by atoms with Gasteiger partial charge in [0, 0.05) is 70.4 Å². The average molecular weight is 358 g/mol. The molecule has 3 saturated heterocycles. The Hall–Kier alpha value is -1.82. The third-order valence-corrected chi connectivity index (χ3v) is 6.65. The summed E-state index contributed by atoms with van der Waals surface area (Å²) in [5, 5.41) is 0. The molecule has 1 spiro atoms. The minimum absolute atomic E-state index is 0.264. The Kier molecular flexibility index (Phi) is 5.02. The van der Waals surface area contributed by atoms with Crippen molar-refractivity contribution in [1.29, 1.82) is 0 Å². The number of carbonyl (C=O) groups excluding carboxylic acids is 1. The van der Waals surface area contributed by atoms with Gasteiger partial charge >= 0.3 is 6.03 Å². The zero-order chi connectivity index (χ0) is 18.0. The van der Waals surface area contributed by atoms with Crippen molar-refractivity contribution in [3.63, 3.8) is 0 Å². The van der Waals surface area contributed by atoms with Gasteiger partial charge < -0.3 is 19.6 Å². The number of nitrogens with zero attached hydrogens (tertiary/aromatic N) is 5. The van der Waals surface area contributed by atoms with Gasteiger partial charge in [-0.25, -0.2) is 4.79 Å². The Morgan fingerprint density at radius 1 is 0.962 bits per heavy atom. The molecule has 0 bridgehead atoms. The van der Waals surface area contributed by atoms with Crippen LogP contribution in [0.15, 0.2) is 24.5 Å². The van der Waals surface area contributed by atoms with Crippen LogP contribution >= 0.6 is 0 Å². The van der Waals surface area contributed by atoms with Crippen molar-refractivity contribution in [2.24, 2.45) is 5.41 Å². The van der Waals surface area contributed by atoms with Crippen LogP contribution in [0.1, 0.15) is 26.2 Å². The number of amides is 2. The van der Waals surface area contributed by atoms with Crippen molar-refractivity contribution in [2.75, 3.05) is 63.8 Å². The topological polar surface area (TPSA) is 42.9 Å². The highest BCUT2D eigenvalue weighted by atomic mass is 16.2. The maximum atomic E-state index is 12.9. The van der Waals surface area contributed by atoms with E-state index in [1.165, 1.54) is 12.1 Å². The molecule has 4 heterocycles. The molecule has 3 aliphatic rings. The number of rotatable bonds is 2. The summed E-state index contributed by atoms with van der Waals surface area (Å²) in [4.78, 5) is 26.0. The Morgan fingerprint density at radius 2 is 1.58 bits per heavy atom. The summed E-state index contributed by atoms with van der Waals surface area (Å²) < 4.78 is 0. The number of piperidine rings is 1. The Balaban J connectivity index is 1.30. The Morgan fingerprint density at radius 3 is 2.23 bits per heavy atom. The lowest BCUT2D eigenvalue weighted by atomic mass is 9.78. The lowest BCUT2D eigenvalue weighted by molar-refractivity contribution is 0.0867. The van der Waals surface area contributed by atoms with Crippen molar-refractivity contribution in [3.05, 3.63) is 24.5 Å². The molecular weight excluding hydrogens is 326 g/mol. The molecule has 0 unspecified atom stereocenters. The van der Waals surface area contributed by atoms with Crippen molar-refractivity contribution in [2.45, 2.75) is 26.2 Å². The lowest BCUT2D eigenvalue weighted by Crippen LogP contribution is -2.55. The van der Waals surface area contributed by atoms with Crippen LogP contribution in [-0.4, -0.2) is 84.6 Å². The van der Waals surface area contributed by atoms with Gasteiger partial charge in [-0.2, -0.15) is 0 Å². The maximum absolute atomic E-state index is 12.9. The van der Waals surface area contributed by atoms with Gasteiger partial charge in [0.05, 0.1) is 0 Å². The number of urea groups is 1. The Labute approximate surface area is 156 Å². The van der Waals surface area contributed by atoms with E-state index in [4.69, 9.17) is 0 Å². The summed E-state index contributed by atoms with van der Waals surface area (Å²) in [6.45, 7) is 11.1. The third-order valence-electron chi connectivity index (χ3n) is 6.65. The molecule has 142 valence electrons. The minimum atomic E-state index is 0.264. The number of hydrogen-bond acceptors (Lipinski definition) is 4. The van der Waals surface area contributed by atoms with Gasteiger partial charge in [-0.1, -0.05) is 6.92 Å². The van der Waals surface area contributed by atoms with Crippen LogP contribution in [0, 0.1) is 5.41 Å². The summed E-state index contributed by atoms with van der Waals surface area (Å²) in [5.41, 5.74) is 1.67. The fourth-order valence-electron chi connectivity index (χ4n) is 4.75. The second-order valence-electron chi connectivity index (χ2n) is 8.07. The summed E-state index contributed by atoms with van der Waals surface area (Å²) >= 11 is 0. The molecule has 0 saturated carbocycles. The van der Waals surface area contributed by atoms with E-state index in [2.05, 4.69) is 43.6 Å². The fraction of sp³-hybridized carbons (Fsp3) is 0.700. The van der Waals surface area contributed by atoms with Crippen LogP contribution in [0.4, 0.5) is 10.5 Å². The first kappa shape index (κ1) is 17.6. The highest BCUT2D eigenvalue weighted by molar-refractivity contribution is 5.74. The van der Waals surface area contributed by atoms with E-state index in [-0.39, 0.29) is 6.03 Å². The molecule has 3 fully saturated rings. The van der Waals surface area contributed by atoms with Gasteiger partial charge in [-0.05, 0) is 43.4 Å². The van der Waals surface area contributed by atoms with Crippen LogP contribution in [0.2, 0.25) is 0 Å². The molecule has 3 aliphatic heterocycles. The number of piperazine rings is 1. The second-order valence-corrected chi connectivity index (χ2v) is 8.07. The van der Waals surface area contributed by atoms with Crippen molar-refractivity contribution in [3.8, 4) is 0 Å². The standard InChI is InChI=1S/C20H31N5O/c1-2-22-13-15-24(16-14-22)19(26)23-10-5-20(6-11-23)7-12-25(17-20)18-3-8-21-9-4-18/h3-4,8-9H,2,5-7,10-17H2,1H3. The second kappa shape index (κ2) is 7.43. The predicted molar refractivity (Wildman–Crippen MR) is 103 cm³/mol. The minimum Gasteiger partial charge on any atom is -0.371 e. The van der Waals surface area contributed by atoms with Crippen LogP contribution in [-0.2, 0) is 0 Å². The number of anilines is 1. The molecular formula is C20H31N5O. The van der Waals surface area contributed by atoms with Gasteiger partial charge in [0.2, 0.25) is 0 Å². The normalized spacial score (nSPS) is 23.7. The number of likely N-dealkylation sites (N-methyl/N-ethyl adjacent to an activating group) is 1. The number of likely N-dealkylation sites (tertiary alicyclic amines) is 1. The van der Waals surface area contributed by atoms with Gasteiger partial charge in [-0.3, -0.25) is 4.98 Å². The summed E-state index contributed by atoms with van der Waals surface area (Å²) in [7, 11) is 0. The average Bonchev–Trinajstić information content (AvgIpc) is 3.12. The van der Waals surface area contributed by atoms with Crippen molar-refractivity contribution < 1.29 is 4.79 Å². The van der Waals surface area contributed by atoms with Crippen LogP contribution in [0.3, 0.4) is 0 Å². The fourth-order valence-corrected chi connectivity index (χ4v) is 4.75. The molecule has 0 atom stereocenters. The molecule has 0 aliphatic carbocycles. The van der Waals surface area contributed by atoms with Crippen molar-refractivity contribution in [1.82, 2.24) is 19.7 Å². The van der Waals surface area contributed by atoms with E-state index in [0.717, 1.165) is 71.7 Å². The molecule has 1 aromatic heterocycles. The summed E-state index contributed by atoms with van der Waals surface area (Å²) in [6.07, 6.45) is 7.26. The van der Waals surface area contributed by atoms with E-state index < -0.39 is 0 Å². The van der Waals surface area contributed by atoms with Gasteiger partial charge in [0.1, 0.15) is 0 Å². The van der Waals surface area contributed by atoms with Crippen LogP contribution in [0.25, 0.3) is 0 Å². The first-order valence-electron chi connectivity index (χ1n) is 10.1. The highest BCUT2D eigenvalue weighted by Gasteiger charge is 2.42. The SMILES string of the molecule is CCN1CCN(C(=O)N2CCC3(CC2)CCN(c2ccncc2)C3)CC1. The monoisotopic (exact) mass is 357 g/mol. The largest absolute Gasteiger partial charge is 0.371 e. The molecule has 0 N–H and O–H groups in total. The van der Waals surface area contributed by atoms with Crippen molar-refractivity contribution >= 4 is 11.7 Å². The Bertz CT molecular complexity index is 606. The molecule has 1 aromatic rings. The maximum Gasteiger partial charge on any atom is 0.320 e. The van der Waals surface area contributed by atoms with Crippen LogP contribution < -0.4 is 4.90 Å². The van der Waals surface area contributed by atoms with E-state index >= 15 is 0 Å². The van der Waals surface area contributed by atoms with E-state index in [9.17, 15) is 4.79 Å². The first-order chi connectivity index (χ1) is 12.7. The zero-order valence-corrected chi connectivity index (χ0v) is 15.9. The molecule has 2 amide bonds. The lowest BCUT2D eigenvalue weighted by Gasteiger charge is -2.42. The van der Waals surface area contributed by atoms with Gasteiger partial charge in [0.25, 0.3) is 0 Å². The quantitative estimate of drug-likeness (QED) is 0.813. The number of pyridine rings is 1. The highest BCUT2D eigenvalue weighted by Crippen LogP contribution is 2.41.